The Balaban J connectivity index is 0.000000720. The molecule has 2 nitrogen and oxygen atoms in total. The van der Waals surface area contributed by atoms with E-state index in [4.69, 9.17) is 0 Å². The Bertz CT molecular complexity index is 333. The minimum atomic E-state index is -0.119. The van der Waals surface area contributed by atoms with Crippen LogP contribution in [0.15, 0.2) is 29.3 Å². The second kappa shape index (κ2) is 3.50. The third-order valence-corrected chi connectivity index (χ3v) is 1.77. The molecule has 1 heterocycles. The lowest BCUT2D eigenvalue weighted by atomic mass is 10.0. The van der Waals surface area contributed by atoms with Gasteiger partial charge in [-0.15, -0.1) is 12.4 Å². The largest absolute Gasteiger partial charge is 0.276 e. The fraction of sp³-hybridized carbons (Fsp3) is 0.111. The van der Waals surface area contributed by atoms with E-state index < -0.39 is 0 Å². The number of benzene rings is 1. The zero-order valence-corrected chi connectivity index (χ0v) is 7.17. The molecule has 1 aliphatic rings. The van der Waals surface area contributed by atoms with Crippen LogP contribution in [0.2, 0.25) is 0 Å². The fourth-order valence-corrected chi connectivity index (χ4v) is 1.20. The predicted octanol–water partition coefficient (Wildman–Crippen LogP) is 1.88. The molecular weight excluding hydrogens is 174 g/mol. The van der Waals surface area contributed by atoms with Crippen molar-refractivity contribution in [3.8, 4) is 0 Å². The minimum Gasteiger partial charge on any atom is -0.267 e. The van der Waals surface area contributed by atoms with Gasteiger partial charge >= 0.3 is 0 Å². The average molecular weight is 182 g/mol. The highest BCUT2D eigenvalue weighted by Crippen LogP contribution is 2.13. The second-order valence-corrected chi connectivity index (χ2v) is 2.48. The van der Waals surface area contributed by atoms with Gasteiger partial charge in [-0.05, 0) is 11.6 Å². The van der Waals surface area contributed by atoms with Crippen molar-refractivity contribution in [1.29, 1.82) is 0 Å². The maximum atomic E-state index is 11.1. The number of amides is 1. The molecule has 2 rings (SSSR count). The van der Waals surface area contributed by atoms with Gasteiger partial charge in [0.05, 0.1) is 0 Å². The highest BCUT2D eigenvalue weighted by molar-refractivity contribution is 6.03. The summed E-state index contributed by atoms with van der Waals surface area (Å²) in [6.45, 7) is 0. The zero-order valence-electron chi connectivity index (χ0n) is 6.36. The lowest BCUT2D eigenvalue weighted by Crippen LogP contribution is -2.07. The van der Waals surface area contributed by atoms with E-state index in [1.165, 1.54) is 0 Å². The number of aliphatic imine (C=N–C) groups is 1. The number of halogens is 1. The van der Waals surface area contributed by atoms with Crippen molar-refractivity contribution >= 4 is 24.5 Å². The van der Waals surface area contributed by atoms with Crippen LogP contribution in [0.1, 0.15) is 15.9 Å². The summed E-state index contributed by atoms with van der Waals surface area (Å²) in [6.07, 6.45) is 2.44. The second-order valence-electron chi connectivity index (χ2n) is 2.48. The van der Waals surface area contributed by atoms with Crippen LogP contribution in [0.4, 0.5) is 0 Å². The first kappa shape index (κ1) is 8.94. The molecule has 62 valence electrons. The predicted molar refractivity (Wildman–Crippen MR) is 50.2 cm³/mol. The first-order valence-electron chi connectivity index (χ1n) is 3.53. The van der Waals surface area contributed by atoms with Crippen LogP contribution >= 0.6 is 12.4 Å². The Hall–Kier alpha value is -1.15. The van der Waals surface area contributed by atoms with E-state index in [9.17, 15) is 4.79 Å². The summed E-state index contributed by atoms with van der Waals surface area (Å²) in [4.78, 5) is 14.8. The van der Waals surface area contributed by atoms with Gasteiger partial charge in [-0.2, -0.15) is 0 Å². The molecule has 3 heteroatoms. The molecule has 1 aromatic carbocycles. The molecular formula is C9H8ClNO. The Labute approximate surface area is 76.7 Å². The van der Waals surface area contributed by atoms with Crippen molar-refractivity contribution in [2.24, 2.45) is 4.99 Å². The average Bonchev–Trinajstić information content (AvgIpc) is 2.06. The molecule has 1 aromatic rings. The normalized spacial score (nSPS) is 13.5. The zero-order chi connectivity index (χ0) is 7.68. The highest BCUT2D eigenvalue weighted by atomic mass is 35.5. The topological polar surface area (TPSA) is 29.4 Å². The van der Waals surface area contributed by atoms with Crippen molar-refractivity contribution in [1.82, 2.24) is 0 Å². The van der Waals surface area contributed by atoms with Gasteiger partial charge in [0, 0.05) is 18.2 Å². The van der Waals surface area contributed by atoms with Crippen molar-refractivity contribution in [3.63, 3.8) is 0 Å². The van der Waals surface area contributed by atoms with Gasteiger partial charge in [-0.1, -0.05) is 18.2 Å². The summed E-state index contributed by atoms with van der Waals surface area (Å²) in [7, 11) is 0. The standard InChI is InChI=1S/C9H7NO.ClH/c11-9-8-4-2-1-3-7(8)5-6-10-9;/h1-4,6H,5H2;1H. The van der Waals surface area contributed by atoms with Crippen molar-refractivity contribution in [2.75, 3.05) is 0 Å². The van der Waals surface area contributed by atoms with E-state index in [1.54, 1.807) is 6.21 Å². The van der Waals surface area contributed by atoms with Crippen molar-refractivity contribution in [3.05, 3.63) is 35.4 Å². The maximum absolute atomic E-state index is 11.1. The molecule has 0 saturated heterocycles. The summed E-state index contributed by atoms with van der Waals surface area (Å²) in [6, 6.07) is 7.56. The third-order valence-electron chi connectivity index (χ3n) is 1.77. The van der Waals surface area contributed by atoms with Crippen LogP contribution in [0.25, 0.3) is 0 Å². The van der Waals surface area contributed by atoms with Gasteiger partial charge in [0.25, 0.3) is 5.91 Å². The fourth-order valence-electron chi connectivity index (χ4n) is 1.20. The van der Waals surface area contributed by atoms with Crippen molar-refractivity contribution in [2.45, 2.75) is 6.42 Å². The first-order chi connectivity index (χ1) is 5.38. The summed E-state index contributed by atoms with van der Waals surface area (Å²) in [5.41, 5.74) is 1.82. The third kappa shape index (κ3) is 1.38. The Kier molecular flexibility index (Phi) is 2.61. The molecule has 0 bridgehead atoms. The lowest BCUT2D eigenvalue weighted by molar-refractivity contribution is 0.100. The number of rotatable bonds is 0. The molecule has 0 saturated carbocycles. The molecule has 0 spiro atoms. The van der Waals surface area contributed by atoms with Crippen molar-refractivity contribution < 1.29 is 4.79 Å². The quantitative estimate of drug-likeness (QED) is 0.601. The van der Waals surface area contributed by atoms with Crippen LogP contribution in [0, 0.1) is 0 Å². The van der Waals surface area contributed by atoms with Crippen LogP contribution in [-0.4, -0.2) is 12.1 Å². The maximum Gasteiger partial charge on any atom is 0.276 e. The number of hydrogen-bond donors (Lipinski definition) is 0. The van der Waals surface area contributed by atoms with Crippen LogP contribution in [0.5, 0.6) is 0 Å². The SMILES string of the molecule is Cl.O=C1N=CCc2ccccc21. The van der Waals surface area contributed by atoms with Gasteiger partial charge < -0.3 is 0 Å². The van der Waals surface area contributed by atoms with Crippen LogP contribution < -0.4 is 0 Å². The lowest BCUT2D eigenvalue weighted by Gasteiger charge is -2.06. The monoisotopic (exact) mass is 181 g/mol. The minimum absolute atomic E-state index is 0. The Morgan fingerprint density at radius 1 is 1.25 bits per heavy atom. The van der Waals surface area contributed by atoms with E-state index in [1.807, 2.05) is 24.3 Å². The van der Waals surface area contributed by atoms with E-state index >= 15 is 0 Å². The number of nitrogens with zero attached hydrogens (tertiary/aromatic N) is 1. The molecule has 0 aromatic heterocycles. The molecule has 12 heavy (non-hydrogen) atoms. The van der Waals surface area contributed by atoms with E-state index in [0.717, 1.165) is 17.5 Å². The molecule has 0 radical (unpaired) electrons. The molecule has 0 unspecified atom stereocenters. The summed E-state index contributed by atoms with van der Waals surface area (Å²) >= 11 is 0. The first-order valence-corrected chi connectivity index (χ1v) is 3.53. The van der Waals surface area contributed by atoms with Gasteiger partial charge in [0.15, 0.2) is 0 Å². The summed E-state index contributed by atoms with van der Waals surface area (Å²) in [5.74, 6) is -0.119. The van der Waals surface area contributed by atoms with Crippen LogP contribution in [0.3, 0.4) is 0 Å². The van der Waals surface area contributed by atoms with E-state index in [0.29, 0.717) is 0 Å². The highest BCUT2D eigenvalue weighted by Gasteiger charge is 2.11. The molecule has 1 aliphatic heterocycles. The van der Waals surface area contributed by atoms with Gasteiger partial charge in [0.1, 0.15) is 0 Å². The van der Waals surface area contributed by atoms with E-state index in [2.05, 4.69) is 4.99 Å². The smallest absolute Gasteiger partial charge is 0.267 e. The molecule has 0 aliphatic carbocycles. The molecule has 1 amide bonds. The van der Waals surface area contributed by atoms with Crippen LogP contribution in [-0.2, 0) is 6.42 Å². The number of hydrogen-bond acceptors (Lipinski definition) is 1. The number of carbonyl (C=O) groups is 1. The Morgan fingerprint density at radius 3 is 2.75 bits per heavy atom. The molecule has 0 fully saturated rings. The number of carbonyl (C=O) groups excluding carboxylic acids is 1. The summed E-state index contributed by atoms with van der Waals surface area (Å²) in [5, 5.41) is 0. The van der Waals surface area contributed by atoms with E-state index in [-0.39, 0.29) is 18.3 Å². The van der Waals surface area contributed by atoms with Gasteiger partial charge in [-0.3, -0.25) is 4.79 Å². The Morgan fingerprint density at radius 2 is 2.00 bits per heavy atom. The van der Waals surface area contributed by atoms with Gasteiger partial charge in [-0.25, -0.2) is 4.99 Å². The van der Waals surface area contributed by atoms with Gasteiger partial charge in [0.2, 0.25) is 0 Å². The molecule has 0 atom stereocenters. The summed E-state index contributed by atoms with van der Waals surface area (Å²) < 4.78 is 0. The number of fused-ring (bicyclic) bond motifs is 1. The molecule has 0 N–H and O–H groups in total.